The summed E-state index contributed by atoms with van der Waals surface area (Å²) < 4.78 is 5.70. The van der Waals surface area contributed by atoms with Crippen LogP contribution in [0.15, 0.2) is 28.0 Å². The van der Waals surface area contributed by atoms with Crippen LogP contribution < -0.4 is 5.32 Å². The van der Waals surface area contributed by atoms with Crippen LogP contribution in [0, 0.1) is 5.92 Å². The van der Waals surface area contributed by atoms with Gasteiger partial charge in [0.25, 0.3) is 0 Å². The van der Waals surface area contributed by atoms with Crippen LogP contribution in [0.1, 0.15) is 32.1 Å². The van der Waals surface area contributed by atoms with Crippen molar-refractivity contribution >= 4 is 11.7 Å². The summed E-state index contributed by atoms with van der Waals surface area (Å²) in [7, 11) is 0. The van der Waals surface area contributed by atoms with Crippen molar-refractivity contribution in [2.45, 2.75) is 32.1 Å². The number of hydrogen-bond donors (Lipinski definition) is 2. The minimum atomic E-state index is -0.790. The van der Waals surface area contributed by atoms with Gasteiger partial charge < -0.3 is 15.2 Å². The van der Waals surface area contributed by atoms with Gasteiger partial charge in [0.1, 0.15) is 0 Å². The molecule has 2 N–H and O–H groups in total. The Morgan fingerprint density at radius 3 is 3.25 bits per heavy atom. The number of carbonyl (C=O) groups is 1. The minimum Gasteiger partial charge on any atom is -0.481 e. The minimum absolute atomic E-state index is 0.113. The van der Waals surface area contributed by atoms with Gasteiger partial charge in [-0.1, -0.05) is 6.08 Å². The Bertz CT molecular complexity index is 505. The molecule has 3 rings (SSSR count). The van der Waals surface area contributed by atoms with Gasteiger partial charge in [0.15, 0.2) is 0 Å². The van der Waals surface area contributed by atoms with Crippen molar-refractivity contribution in [2.24, 2.45) is 10.9 Å². The number of hydrogen-bond acceptors (Lipinski definition) is 4. The van der Waals surface area contributed by atoms with Gasteiger partial charge in [-0.25, -0.2) is 0 Å². The topological polar surface area (TPSA) is 70.9 Å². The van der Waals surface area contributed by atoms with E-state index in [1.54, 1.807) is 0 Å². The molecule has 2 aliphatic heterocycles. The second-order valence-electron chi connectivity index (χ2n) is 5.55. The van der Waals surface area contributed by atoms with Crippen LogP contribution in [0.5, 0.6) is 0 Å². The average Bonchev–Trinajstić information content (AvgIpc) is 2.67. The van der Waals surface area contributed by atoms with Crippen LogP contribution in [0.4, 0.5) is 0 Å². The molecule has 1 atom stereocenters. The third-order valence-electron chi connectivity index (χ3n) is 4.10. The first-order valence-electron chi connectivity index (χ1n) is 7.27. The molecule has 0 aromatic rings. The molecule has 0 bridgehead atoms. The first-order chi connectivity index (χ1) is 9.74. The summed E-state index contributed by atoms with van der Waals surface area (Å²) in [5, 5.41) is 12.3. The monoisotopic (exact) mass is 276 g/mol. The number of allylic oxidation sites excluding steroid dienone is 2. The van der Waals surface area contributed by atoms with Crippen molar-refractivity contribution in [3.8, 4) is 0 Å². The zero-order valence-corrected chi connectivity index (χ0v) is 11.5. The highest BCUT2D eigenvalue weighted by Crippen LogP contribution is 2.35. The van der Waals surface area contributed by atoms with Gasteiger partial charge in [0.2, 0.25) is 0 Å². The number of ether oxygens (including phenoxy) is 1. The lowest BCUT2D eigenvalue weighted by Crippen LogP contribution is -2.31. The standard InChI is InChI=1S/C15H20N2O3/c18-14(19)6-4-11-8-20-9-12-13(17-11)5-3-10-2-1-7-16-15(10)12/h5,10,16H,1-4,6-9H2,(H,18,19). The Kier molecular flexibility index (Phi) is 3.87. The number of aliphatic imine (C=N–C) groups is 1. The summed E-state index contributed by atoms with van der Waals surface area (Å²) >= 11 is 0. The number of rotatable bonds is 3. The number of carboxylic acids is 1. The van der Waals surface area contributed by atoms with Crippen molar-refractivity contribution < 1.29 is 14.6 Å². The molecule has 0 aromatic heterocycles. The number of carboxylic acid groups (broad SMARTS) is 1. The molecule has 20 heavy (non-hydrogen) atoms. The van der Waals surface area contributed by atoms with E-state index in [4.69, 9.17) is 9.84 Å². The van der Waals surface area contributed by atoms with Crippen molar-refractivity contribution in [3.63, 3.8) is 0 Å². The van der Waals surface area contributed by atoms with E-state index in [0.29, 0.717) is 25.6 Å². The van der Waals surface area contributed by atoms with E-state index in [-0.39, 0.29) is 6.42 Å². The molecule has 0 aromatic carbocycles. The second-order valence-corrected chi connectivity index (χ2v) is 5.55. The third kappa shape index (κ3) is 2.77. The predicted molar refractivity (Wildman–Crippen MR) is 75.6 cm³/mol. The summed E-state index contributed by atoms with van der Waals surface area (Å²) in [4.78, 5) is 15.3. The number of nitrogens with one attached hydrogen (secondary N) is 1. The SMILES string of the molecule is O=C(O)CCC1=NC2=CCC3CCCNC3=C2COC1. The molecule has 2 heterocycles. The maximum Gasteiger partial charge on any atom is 0.303 e. The van der Waals surface area contributed by atoms with Crippen LogP contribution in [-0.4, -0.2) is 36.5 Å². The summed E-state index contributed by atoms with van der Waals surface area (Å²) in [6.07, 6.45) is 6.24. The van der Waals surface area contributed by atoms with E-state index < -0.39 is 5.97 Å². The molecule has 0 saturated carbocycles. The Labute approximate surface area is 118 Å². The fraction of sp³-hybridized carbons (Fsp3) is 0.600. The van der Waals surface area contributed by atoms with E-state index >= 15 is 0 Å². The molecule has 5 heteroatoms. The Balaban J connectivity index is 1.82. The molecule has 108 valence electrons. The fourth-order valence-electron chi connectivity index (χ4n) is 3.08. The van der Waals surface area contributed by atoms with Gasteiger partial charge in [-0.2, -0.15) is 0 Å². The second kappa shape index (κ2) is 5.79. The first-order valence-corrected chi connectivity index (χ1v) is 7.27. The summed E-state index contributed by atoms with van der Waals surface area (Å²) in [5.74, 6) is -0.205. The zero-order chi connectivity index (χ0) is 13.9. The van der Waals surface area contributed by atoms with Gasteiger partial charge >= 0.3 is 5.97 Å². The number of piperidine rings is 1. The van der Waals surface area contributed by atoms with Crippen LogP contribution in [-0.2, 0) is 9.53 Å². The summed E-state index contributed by atoms with van der Waals surface area (Å²) in [6.45, 7) is 2.04. The van der Waals surface area contributed by atoms with E-state index in [0.717, 1.165) is 24.4 Å². The maximum atomic E-state index is 10.7. The van der Waals surface area contributed by atoms with Crippen molar-refractivity contribution in [3.05, 3.63) is 23.0 Å². The fourth-order valence-corrected chi connectivity index (χ4v) is 3.08. The molecule has 3 aliphatic rings. The molecular formula is C15H20N2O3. The van der Waals surface area contributed by atoms with Crippen LogP contribution in [0.3, 0.4) is 0 Å². The first kappa shape index (κ1) is 13.4. The summed E-state index contributed by atoms with van der Waals surface area (Å²) in [6, 6.07) is 0. The van der Waals surface area contributed by atoms with Gasteiger partial charge in [-0.3, -0.25) is 9.79 Å². The van der Waals surface area contributed by atoms with Crippen molar-refractivity contribution in [2.75, 3.05) is 19.8 Å². The van der Waals surface area contributed by atoms with Crippen molar-refractivity contribution in [1.82, 2.24) is 5.32 Å². The Hall–Kier alpha value is -1.62. The molecule has 0 amide bonds. The van der Waals surface area contributed by atoms with Crippen LogP contribution in [0.2, 0.25) is 0 Å². The van der Waals surface area contributed by atoms with E-state index in [2.05, 4.69) is 16.4 Å². The molecule has 1 fully saturated rings. The Morgan fingerprint density at radius 1 is 1.50 bits per heavy atom. The van der Waals surface area contributed by atoms with Crippen LogP contribution in [0.25, 0.3) is 0 Å². The van der Waals surface area contributed by atoms with Gasteiger partial charge in [-0.15, -0.1) is 0 Å². The molecule has 1 aliphatic carbocycles. The Morgan fingerprint density at radius 2 is 2.40 bits per heavy atom. The zero-order valence-electron chi connectivity index (χ0n) is 11.5. The number of fused-ring (bicyclic) bond motifs is 2. The molecule has 1 unspecified atom stereocenters. The molecule has 0 spiro atoms. The maximum absolute atomic E-state index is 10.7. The average molecular weight is 276 g/mol. The molecular weight excluding hydrogens is 256 g/mol. The smallest absolute Gasteiger partial charge is 0.303 e. The van der Waals surface area contributed by atoms with E-state index in [9.17, 15) is 4.79 Å². The predicted octanol–water partition coefficient (Wildman–Crippen LogP) is 1.86. The van der Waals surface area contributed by atoms with Gasteiger partial charge in [-0.05, 0) is 25.7 Å². The van der Waals surface area contributed by atoms with Crippen molar-refractivity contribution in [1.29, 1.82) is 0 Å². The third-order valence-corrected chi connectivity index (χ3v) is 4.10. The molecule has 5 nitrogen and oxygen atoms in total. The lowest BCUT2D eigenvalue weighted by atomic mass is 9.84. The number of nitrogens with zero attached hydrogens (tertiary/aromatic N) is 1. The quantitative estimate of drug-likeness (QED) is 0.825. The number of aliphatic carboxylic acids is 1. The highest BCUT2D eigenvalue weighted by atomic mass is 16.5. The van der Waals surface area contributed by atoms with Gasteiger partial charge in [0.05, 0.1) is 25.3 Å². The summed E-state index contributed by atoms with van der Waals surface area (Å²) in [5.41, 5.74) is 4.30. The van der Waals surface area contributed by atoms with Crippen LogP contribution >= 0.6 is 0 Å². The van der Waals surface area contributed by atoms with E-state index in [1.807, 2.05) is 0 Å². The highest BCUT2D eigenvalue weighted by Gasteiger charge is 2.28. The van der Waals surface area contributed by atoms with E-state index in [1.165, 1.54) is 24.1 Å². The molecule has 0 radical (unpaired) electrons. The highest BCUT2D eigenvalue weighted by molar-refractivity contribution is 5.89. The lowest BCUT2D eigenvalue weighted by Gasteiger charge is -2.31. The lowest BCUT2D eigenvalue weighted by molar-refractivity contribution is -0.136. The normalized spacial score (nSPS) is 25.7. The molecule has 1 saturated heterocycles. The van der Waals surface area contributed by atoms with Gasteiger partial charge in [0, 0.05) is 29.4 Å². The largest absolute Gasteiger partial charge is 0.481 e.